The van der Waals surface area contributed by atoms with Crippen molar-refractivity contribution in [2.45, 2.75) is 13.5 Å². The minimum atomic E-state index is 0.903. The van der Waals surface area contributed by atoms with Crippen molar-refractivity contribution in [2.24, 2.45) is 0 Å². The van der Waals surface area contributed by atoms with Crippen LogP contribution in [0, 0.1) is 9.77 Å². The molecule has 0 spiro atoms. The van der Waals surface area contributed by atoms with E-state index in [0.29, 0.717) is 0 Å². The highest BCUT2D eigenvalue weighted by molar-refractivity contribution is 14.1. The van der Waals surface area contributed by atoms with E-state index in [0.717, 1.165) is 17.4 Å². The Balaban J connectivity index is 2.73. The molecule has 0 atom stereocenters. The van der Waals surface area contributed by atoms with Crippen molar-refractivity contribution < 1.29 is 0 Å². The zero-order chi connectivity index (χ0) is 8.55. The molecule has 0 aliphatic heterocycles. The molecule has 0 saturated carbocycles. The zero-order valence-corrected chi connectivity index (χ0v) is 8.87. The summed E-state index contributed by atoms with van der Waals surface area (Å²) in [5, 5.41) is 5.24. The average Bonchev–Trinajstić information content (AvgIpc) is 2.46. The largest absolute Gasteiger partial charge is 0.264 e. The minimum absolute atomic E-state index is 0.903. The number of halogens is 1. The van der Waals surface area contributed by atoms with E-state index in [1.54, 1.807) is 0 Å². The molecule has 0 bridgehead atoms. The molecule has 1 aromatic carbocycles. The molecule has 61 valence electrons. The number of aryl methyl sites for hydroxylation is 1. The van der Waals surface area contributed by atoms with Gasteiger partial charge in [-0.2, -0.15) is 5.10 Å². The van der Waals surface area contributed by atoms with Gasteiger partial charge in [-0.05, 0) is 47.7 Å². The molecule has 2 nitrogen and oxygen atoms in total. The summed E-state index contributed by atoms with van der Waals surface area (Å²) in [6.45, 7) is 2.98. The van der Waals surface area contributed by atoms with E-state index in [2.05, 4.69) is 59.0 Å². The van der Waals surface area contributed by atoms with E-state index in [4.69, 9.17) is 0 Å². The lowest BCUT2D eigenvalue weighted by atomic mass is 10.3. The molecule has 0 aliphatic rings. The molecule has 1 heterocycles. The van der Waals surface area contributed by atoms with E-state index in [9.17, 15) is 0 Å². The summed E-state index contributed by atoms with van der Waals surface area (Å²) in [6, 6.07) is 6.27. The molecule has 1 aromatic heterocycles. The van der Waals surface area contributed by atoms with Crippen LogP contribution in [0.3, 0.4) is 0 Å². The molecule has 0 saturated heterocycles. The molecule has 12 heavy (non-hydrogen) atoms. The van der Waals surface area contributed by atoms with Crippen LogP contribution in [0.15, 0.2) is 18.2 Å². The standard InChI is InChI=1S/C9H8IN2/c1-2-12-9-4-3-8(10)5-7(9)6-11-12/h3-5H,2H2,1H3. The maximum atomic E-state index is 4.14. The summed E-state index contributed by atoms with van der Waals surface area (Å²) < 4.78 is 3.18. The first-order chi connectivity index (χ1) is 5.81. The van der Waals surface area contributed by atoms with Crippen molar-refractivity contribution in [3.05, 3.63) is 28.0 Å². The predicted octanol–water partition coefficient (Wildman–Crippen LogP) is 2.46. The topological polar surface area (TPSA) is 17.8 Å². The second kappa shape index (κ2) is 3.05. The molecule has 2 rings (SSSR count). The number of aromatic nitrogens is 2. The van der Waals surface area contributed by atoms with Gasteiger partial charge in [-0.25, -0.2) is 0 Å². The quantitative estimate of drug-likeness (QED) is 0.728. The number of benzene rings is 1. The third kappa shape index (κ3) is 1.22. The van der Waals surface area contributed by atoms with Gasteiger partial charge in [0, 0.05) is 15.5 Å². The summed E-state index contributed by atoms with van der Waals surface area (Å²) in [5.41, 5.74) is 1.16. The Morgan fingerprint density at radius 3 is 3.17 bits per heavy atom. The van der Waals surface area contributed by atoms with Gasteiger partial charge >= 0.3 is 0 Å². The van der Waals surface area contributed by atoms with E-state index in [1.165, 1.54) is 3.57 Å². The average molecular weight is 271 g/mol. The molecule has 3 heteroatoms. The Kier molecular flexibility index (Phi) is 2.04. The van der Waals surface area contributed by atoms with Gasteiger partial charge in [-0.1, -0.05) is 0 Å². The van der Waals surface area contributed by atoms with Gasteiger partial charge in [0.2, 0.25) is 0 Å². The summed E-state index contributed by atoms with van der Waals surface area (Å²) in [6.07, 6.45) is 2.99. The van der Waals surface area contributed by atoms with Crippen molar-refractivity contribution in [1.82, 2.24) is 9.78 Å². The van der Waals surface area contributed by atoms with Gasteiger partial charge in [0.05, 0.1) is 5.52 Å². The SMILES string of the molecule is CCn1n[c]c2cc(I)ccc21. The Labute approximate surface area is 84.7 Å². The maximum Gasteiger partial charge on any atom is 0.121 e. The third-order valence-corrected chi connectivity index (χ3v) is 2.50. The first-order valence-electron chi connectivity index (χ1n) is 3.85. The Hall–Kier alpha value is -0.580. The molecular weight excluding hydrogens is 263 g/mol. The lowest BCUT2D eigenvalue weighted by molar-refractivity contribution is 0.682. The fourth-order valence-electron chi connectivity index (χ4n) is 1.23. The van der Waals surface area contributed by atoms with Crippen LogP contribution in [0.25, 0.3) is 10.9 Å². The van der Waals surface area contributed by atoms with Crippen molar-refractivity contribution in [3.63, 3.8) is 0 Å². The van der Waals surface area contributed by atoms with Crippen molar-refractivity contribution >= 4 is 33.5 Å². The highest BCUT2D eigenvalue weighted by Crippen LogP contribution is 2.16. The highest BCUT2D eigenvalue weighted by Gasteiger charge is 2.00. The Morgan fingerprint density at radius 1 is 1.58 bits per heavy atom. The van der Waals surface area contributed by atoms with Gasteiger partial charge in [0.15, 0.2) is 0 Å². The van der Waals surface area contributed by atoms with Crippen LogP contribution >= 0.6 is 22.6 Å². The molecule has 2 aromatic rings. The van der Waals surface area contributed by atoms with Gasteiger partial charge in [0.1, 0.15) is 6.20 Å². The third-order valence-electron chi connectivity index (χ3n) is 1.83. The number of rotatable bonds is 1. The van der Waals surface area contributed by atoms with Crippen LogP contribution in [-0.2, 0) is 6.54 Å². The summed E-state index contributed by atoms with van der Waals surface area (Å²) in [4.78, 5) is 0. The molecule has 0 N–H and O–H groups in total. The van der Waals surface area contributed by atoms with Gasteiger partial charge in [-0.15, -0.1) is 0 Å². The molecule has 1 radical (unpaired) electrons. The summed E-state index contributed by atoms with van der Waals surface area (Å²) >= 11 is 2.29. The monoisotopic (exact) mass is 271 g/mol. The predicted molar refractivity (Wildman–Crippen MR) is 57.0 cm³/mol. The summed E-state index contributed by atoms with van der Waals surface area (Å²) in [5.74, 6) is 0. The van der Waals surface area contributed by atoms with Crippen molar-refractivity contribution in [3.8, 4) is 0 Å². The van der Waals surface area contributed by atoms with Crippen LogP contribution in [-0.4, -0.2) is 9.78 Å². The van der Waals surface area contributed by atoms with E-state index >= 15 is 0 Å². The van der Waals surface area contributed by atoms with Crippen LogP contribution in [0.2, 0.25) is 0 Å². The number of nitrogens with zero attached hydrogens (tertiary/aromatic N) is 2. The van der Waals surface area contributed by atoms with Crippen molar-refractivity contribution in [2.75, 3.05) is 0 Å². The minimum Gasteiger partial charge on any atom is -0.264 e. The second-order valence-corrected chi connectivity index (χ2v) is 3.83. The Bertz CT molecular complexity index is 406. The smallest absolute Gasteiger partial charge is 0.121 e. The lowest BCUT2D eigenvalue weighted by Gasteiger charge is -1.97. The van der Waals surface area contributed by atoms with E-state index in [-0.39, 0.29) is 0 Å². The zero-order valence-electron chi connectivity index (χ0n) is 6.71. The molecule has 0 fully saturated rings. The first-order valence-corrected chi connectivity index (χ1v) is 4.93. The molecule has 0 aliphatic carbocycles. The maximum absolute atomic E-state index is 4.14. The van der Waals surface area contributed by atoms with Crippen LogP contribution in [0.5, 0.6) is 0 Å². The number of fused-ring (bicyclic) bond motifs is 1. The summed E-state index contributed by atoms with van der Waals surface area (Å²) in [7, 11) is 0. The van der Waals surface area contributed by atoms with Gasteiger partial charge in [0.25, 0.3) is 0 Å². The fourth-order valence-corrected chi connectivity index (χ4v) is 1.72. The normalized spacial score (nSPS) is 10.8. The number of hydrogen-bond donors (Lipinski definition) is 0. The number of hydrogen-bond acceptors (Lipinski definition) is 1. The van der Waals surface area contributed by atoms with E-state index in [1.807, 2.05) is 4.68 Å². The molecule has 0 amide bonds. The van der Waals surface area contributed by atoms with Crippen LogP contribution < -0.4 is 0 Å². The highest BCUT2D eigenvalue weighted by atomic mass is 127. The van der Waals surface area contributed by atoms with Gasteiger partial charge in [-0.3, -0.25) is 4.68 Å². The van der Waals surface area contributed by atoms with E-state index < -0.39 is 0 Å². The first kappa shape index (κ1) is 8.04. The second-order valence-electron chi connectivity index (χ2n) is 2.59. The van der Waals surface area contributed by atoms with Crippen molar-refractivity contribution in [1.29, 1.82) is 0 Å². The lowest BCUT2D eigenvalue weighted by Crippen LogP contribution is -1.94. The molecular formula is C9H8IN2. The Morgan fingerprint density at radius 2 is 2.42 bits per heavy atom. The molecule has 0 unspecified atom stereocenters. The van der Waals surface area contributed by atoms with Crippen LogP contribution in [0.1, 0.15) is 6.92 Å². The van der Waals surface area contributed by atoms with Gasteiger partial charge < -0.3 is 0 Å². The fraction of sp³-hybridized carbons (Fsp3) is 0.222. The van der Waals surface area contributed by atoms with Crippen LogP contribution in [0.4, 0.5) is 0 Å².